The van der Waals surface area contributed by atoms with Gasteiger partial charge in [-0.05, 0) is 82.3 Å². The van der Waals surface area contributed by atoms with Crippen molar-refractivity contribution in [3.63, 3.8) is 0 Å². The number of ether oxygens (including phenoxy) is 1. The van der Waals surface area contributed by atoms with Crippen LogP contribution in [0.5, 0.6) is 0 Å². The van der Waals surface area contributed by atoms with E-state index in [1.165, 1.54) is 6.42 Å². The van der Waals surface area contributed by atoms with Crippen molar-refractivity contribution in [1.29, 1.82) is 0 Å². The van der Waals surface area contributed by atoms with Crippen LogP contribution in [0.4, 0.5) is 0 Å². The highest BCUT2D eigenvalue weighted by Gasteiger charge is 2.05. The summed E-state index contributed by atoms with van der Waals surface area (Å²) in [5, 5.41) is 3.52. The SMILES string of the molecule is CCC(NCCCN(C)C)N(C)C.CN(C)CCOCCN(C)C. The molecule has 1 unspecified atom stereocenters. The minimum atomic E-state index is 0.530. The number of likely N-dealkylation sites (N-methyl/N-ethyl adjacent to an activating group) is 2. The fourth-order valence-corrected chi connectivity index (χ4v) is 1.95. The van der Waals surface area contributed by atoms with E-state index >= 15 is 0 Å². The molecule has 0 aromatic carbocycles. The second-order valence-corrected chi connectivity index (χ2v) is 7.22. The van der Waals surface area contributed by atoms with Gasteiger partial charge < -0.3 is 24.8 Å². The third kappa shape index (κ3) is 21.8. The van der Waals surface area contributed by atoms with E-state index in [1.807, 2.05) is 0 Å². The van der Waals surface area contributed by atoms with Crippen LogP contribution in [-0.4, -0.2) is 122 Å². The molecule has 148 valence electrons. The van der Waals surface area contributed by atoms with Gasteiger partial charge in [-0.25, -0.2) is 0 Å². The van der Waals surface area contributed by atoms with Gasteiger partial charge in [-0.15, -0.1) is 0 Å². The van der Waals surface area contributed by atoms with Gasteiger partial charge in [0.15, 0.2) is 0 Å². The second kappa shape index (κ2) is 17.6. The summed E-state index contributed by atoms with van der Waals surface area (Å²) >= 11 is 0. The summed E-state index contributed by atoms with van der Waals surface area (Å²) in [7, 11) is 16.7. The largest absolute Gasteiger partial charge is 0.379 e. The fraction of sp³-hybridized carbons (Fsp3) is 1.00. The van der Waals surface area contributed by atoms with Crippen molar-refractivity contribution in [3.05, 3.63) is 0 Å². The third-order valence-corrected chi connectivity index (χ3v) is 3.54. The molecular formula is C18H45N5O. The van der Waals surface area contributed by atoms with E-state index in [-0.39, 0.29) is 0 Å². The van der Waals surface area contributed by atoms with Crippen molar-refractivity contribution in [2.75, 3.05) is 95.8 Å². The number of nitrogens with zero attached hydrogens (tertiary/aromatic N) is 4. The minimum Gasteiger partial charge on any atom is -0.379 e. The molecule has 1 N–H and O–H groups in total. The molecule has 0 radical (unpaired) electrons. The van der Waals surface area contributed by atoms with E-state index < -0.39 is 0 Å². The Labute approximate surface area is 152 Å². The Kier molecular flexibility index (Phi) is 19.0. The maximum atomic E-state index is 5.37. The predicted molar refractivity (Wildman–Crippen MR) is 107 cm³/mol. The molecule has 0 aliphatic carbocycles. The molecule has 0 aliphatic rings. The Balaban J connectivity index is 0. The van der Waals surface area contributed by atoms with Gasteiger partial charge in [-0.2, -0.15) is 0 Å². The normalized spacial score (nSPS) is 12.9. The average Bonchev–Trinajstić information content (AvgIpc) is 2.46. The quantitative estimate of drug-likeness (QED) is 0.395. The van der Waals surface area contributed by atoms with Gasteiger partial charge in [0, 0.05) is 13.1 Å². The van der Waals surface area contributed by atoms with Gasteiger partial charge >= 0.3 is 0 Å². The molecule has 0 amide bonds. The topological polar surface area (TPSA) is 34.2 Å². The third-order valence-electron chi connectivity index (χ3n) is 3.54. The van der Waals surface area contributed by atoms with Crippen LogP contribution >= 0.6 is 0 Å². The number of hydrogen-bond acceptors (Lipinski definition) is 6. The summed E-state index contributed by atoms with van der Waals surface area (Å²) in [4.78, 5) is 8.69. The molecule has 0 aromatic heterocycles. The summed E-state index contributed by atoms with van der Waals surface area (Å²) in [6, 6.07) is 0. The molecule has 6 nitrogen and oxygen atoms in total. The summed E-state index contributed by atoms with van der Waals surface area (Å²) in [5.41, 5.74) is 0. The van der Waals surface area contributed by atoms with Crippen molar-refractivity contribution >= 4 is 0 Å². The van der Waals surface area contributed by atoms with Gasteiger partial charge in [-0.1, -0.05) is 6.92 Å². The van der Waals surface area contributed by atoms with Crippen LogP contribution in [0.25, 0.3) is 0 Å². The zero-order valence-corrected chi connectivity index (χ0v) is 17.9. The molecule has 0 fully saturated rings. The molecular weight excluding hydrogens is 302 g/mol. The highest BCUT2D eigenvalue weighted by molar-refractivity contribution is 4.61. The van der Waals surface area contributed by atoms with Gasteiger partial charge in [0.2, 0.25) is 0 Å². The van der Waals surface area contributed by atoms with Gasteiger partial charge in [0.1, 0.15) is 0 Å². The van der Waals surface area contributed by atoms with E-state index in [2.05, 4.69) is 88.2 Å². The first-order valence-electron chi connectivity index (χ1n) is 9.12. The summed E-state index contributed by atoms with van der Waals surface area (Å²) in [6.45, 7) is 8.16. The van der Waals surface area contributed by atoms with Crippen molar-refractivity contribution in [1.82, 2.24) is 24.9 Å². The fourth-order valence-electron chi connectivity index (χ4n) is 1.95. The van der Waals surface area contributed by atoms with Crippen molar-refractivity contribution < 1.29 is 4.74 Å². The molecule has 0 spiro atoms. The van der Waals surface area contributed by atoms with Gasteiger partial charge in [-0.3, -0.25) is 4.90 Å². The van der Waals surface area contributed by atoms with Crippen LogP contribution in [-0.2, 0) is 4.74 Å². The van der Waals surface area contributed by atoms with Crippen LogP contribution < -0.4 is 5.32 Å². The lowest BCUT2D eigenvalue weighted by molar-refractivity contribution is 0.104. The van der Waals surface area contributed by atoms with Crippen molar-refractivity contribution in [2.24, 2.45) is 0 Å². The molecule has 0 rings (SSSR count). The van der Waals surface area contributed by atoms with Crippen LogP contribution in [0, 0.1) is 0 Å². The lowest BCUT2D eigenvalue weighted by Crippen LogP contribution is -2.41. The van der Waals surface area contributed by atoms with E-state index in [0.717, 1.165) is 45.8 Å². The highest BCUT2D eigenvalue weighted by Crippen LogP contribution is 1.94. The maximum Gasteiger partial charge on any atom is 0.0593 e. The minimum absolute atomic E-state index is 0.530. The van der Waals surface area contributed by atoms with Crippen LogP contribution in [0.15, 0.2) is 0 Å². The van der Waals surface area contributed by atoms with E-state index in [9.17, 15) is 0 Å². The average molecular weight is 348 g/mol. The Hall–Kier alpha value is -0.240. The lowest BCUT2D eigenvalue weighted by atomic mass is 10.3. The smallest absolute Gasteiger partial charge is 0.0593 e. The molecule has 1 atom stereocenters. The first-order valence-corrected chi connectivity index (χ1v) is 9.12. The van der Waals surface area contributed by atoms with Gasteiger partial charge in [0.25, 0.3) is 0 Å². The number of hydrogen-bond donors (Lipinski definition) is 1. The number of nitrogens with one attached hydrogen (secondary N) is 1. The zero-order valence-electron chi connectivity index (χ0n) is 17.9. The second-order valence-electron chi connectivity index (χ2n) is 7.22. The Bertz CT molecular complexity index is 238. The standard InChI is InChI=1S/C10H25N3.C8H20N2O/c1-6-10(13(4)5)11-8-7-9-12(2)3;1-9(2)5-7-11-8-6-10(3)4/h10-11H,6-9H2,1-5H3;5-8H2,1-4H3. The molecule has 0 aliphatic heterocycles. The van der Waals surface area contributed by atoms with Crippen molar-refractivity contribution in [2.45, 2.75) is 25.9 Å². The highest BCUT2D eigenvalue weighted by atomic mass is 16.5. The lowest BCUT2D eigenvalue weighted by Gasteiger charge is -2.24. The van der Waals surface area contributed by atoms with Gasteiger partial charge in [0.05, 0.1) is 19.4 Å². The summed E-state index contributed by atoms with van der Waals surface area (Å²) in [5.74, 6) is 0. The first-order chi connectivity index (χ1) is 11.2. The monoisotopic (exact) mass is 347 g/mol. The van der Waals surface area contributed by atoms with E-state index in [4.69, 9.17) is 4.74 Å². The van der Waals surface area contributed by atoms with Crippen LogP contribution in [0.2, 0.25) is 0 Å². The van der Waals surface area contributed by atoms with Crippen molar-refractivity contribution in [3.8, 4) is 0 Å². The number of rotatable bonds is 13. The molecule has 24 heavy (non-hydrogen) atoms. The molecule has 0 aromatic rings. The Morgan fingerprint density at radius 3 is 1.54 bits per heavy atom. The molecule has 0 bridgehead atoms. The Morgan fingerprint density at radius 1 is 0.750 bits per heavy atom. The first kappa shape index (κ1) is 26.0. The molecule has 6 heteroatoms. The molecule has 0 saturated heterocycles. The predicted octanol–water partition coefficient (Wildman–Crippen LogP) is 0.952. The summed E-state index contributed by atoms with van der Waals surface area (Å²) < 4.78 is 5.37. The Morgan fingerprint density at radius 2 is 1.21 bits per heavy atom. The maximum absolute atomic E-state index is 5.37. The van der Waals surface area contributed by atoms with Crippen LogP contribution in [0.1, 0.15) is 19.8 Å². The molecule has 0 saturated carbocycles. The van der Waals surface area contributed by atoms with E-state index in [0.29, 0.717) is 6.17 Å². The van der Waals surface area contributed by atoms with Crippen LogP contribution in [0.3, 0.4) is 0 Å². The zero-order chi connectivity index (χ0) is 19.0. The summed E-state index contributed by atoms with van der Waals surface area (Å²) in [6.07, 6.45) is 2.91. The van der Waals surface area contributed by atoms with E-state index in [1.54, 1.807) is 0 Å². The molecule has 0 heterocycles.